The van der Waals surface area contributed by atoms with Crippen LogP contribution in [0.1, 0.15) is 50.7 Å². The Morgan fingerprint density at radius 1 is 0.897 bits per heavy atom. The minimum absolute atomic E-state index is 0.102. The number of nitrogens with one attached hydrogen (secondary N) is 2. The van der Waals surface area contributed by atoms with E-state index in [9.17, 15) is 9.59 Å². The molecule has 152 valence electrons. The summed E-state index contributed by atoms with van der Waals surface area (Å²) in [6.45, 7) is 6.57. The molecule has 2 N–H and O–H groups in total. The zero-order valence-electron chi connectivity index (χ0n) is 17.0. The third-order valence-corrected chi connectivity index (χ3v) is 9.60. The Balaban J connectivity index is 1.53. The Bertz CT molecular complexity index is 891. The first-order chi connectivity index (χ1) is 13.8. The van der Waals surface area contributed by atoms with Gasteiger partial charge < -0.3 is 0 Å². The van der Waals surface area contributed by atoms with Crippen LogP contribution in [-0.2, 0) is 9.59 Å². The number of alkyl halides is 1. The van der Waals surface area contributed by atoms with Crippen molar-refractivity contribution < 1.29 is 9.59 Å². The lowest BCUT2D eigenvalue weighted by molar-refractivity contribution is -0.163. The summed E-state index contributed by atoms with van der Waals surface area (Å²) in [5.74, 6) is -0.832. The molecule has 4 nitrogen and oxygen atoms in total. The molecule has 2 aromatic carbocycles. The van der Waals surface area contributed by atoms with Crippen LogP contribution in [0.4, 0.5) is 0 Å². The summed E-state index contributed by atoms with van der Waals surface area (Å²) >= 11 is 3.78. The predicted octanol–water partition coefficient (Wildman–Crippen LogP) is 4.56. The van der Waals surface area contributed by atoms with Gasteiger partial charge in [-0.1, -0.05) is 97.4 Å². The van der Waals surface area contributed by atoms with Gasteiger partial charge in [0.25, 0.3) is 0 Å². The fourth-order valence-electron chi connectivity index (χ4n) is 5.55. The first kappa shape index (κ1) is 20.1. The number of carbonyl (C=O) groups excluding carboxylic acids is 2. The van der Waals surface area contributed by atoms with Gasteiger partial charge in [0.15, 0.2) is 0 Å². The number of halogens is 1. The van der Waals surface area contributed by atoms with E-state index in [2.05, 4.69) is 47.6 Å². The smallest absolute Gasteiger partial charge is 0.250 e. The summed E-state index contributed by atoms with van der Waals surface area (Å²) in [7, 11) is 0. The fourth-order valence-corrected chi connectivity index (χ4v) is 7.36. The molecular weight excluding hydrogens is 428 g/mol. The molecular formula is C24H27BrN2O2. The van der Waals surface area contributed by atoms with Gasteiger partial charge >= 0.3 is 0 Å². The lowest BCUT2D eigenvalue weighted by atomic mass is 9.43. The van der Waals surface area contributed by atoms with Gasteiger partial charge in [0, 0.05) is 4.83 Å². The Labute approximate surface area is 180 Å². The Morgan fingerprint density at radius 2 is 1.41 bits per heavy atom. The van der Waals surface area contributed by atoms with E-state index in [1.165, 1.54) is 0 Å². The van der Waals surface area contributed by atoms with E-state index in [-0.39, 0.29) is 27.5 Å². The zero-order chi connectivity index (χ0) is 20.9. The van der Waals surface area contributed by atoms with E-state index >= 15 is 0 Å². The van der Waals surface area contributed by atoms with Crippen LogP contribution in [0.5, 0.6) is 0 Å². The molecule has 29 heavy (non-hydrogen) atoms. The number of hydrogen-bond acceptors (Lipinski definition) is 2. The molecule has 3 atom stereocenters. The number of fused-ring (bicyclic) bond motifs is 1. The number of amides is 2. The van der Waals surface area contributed by atoms with Crippen molar-refractivity contribution in [2.75, 3.05) is 0 Å². The van der Waals surface area contributed by atoms with Crippen LogP contribution in [0.25, 0.3) is 0 Å². The second-order valence-corrected chi connectivity index (χ2v) is 9.99. The molecule has 0 saturated heterocycles. The van der Waals surface area contributed by atoms with Crippen LogP contribution in [0.3, 0.4) is 0 Å². The molecule has 3 aliphatic carbocycles. The highest BCUT2D eigenvalue weighted by atomic mass is 79.9. The molecule has 3 fully saturated rings. The van der Waals surface area contributed by atoms with Gasteiger partial charge in [-0.2, -0.15) is 0 Å². The van der Waals surface area contributed by atoms with Crippen molar-refractivity contribution in [3.63, 3.8) is 0 Å². The minimum Gasteiger partial charge on any atom is -0.273 e. The first-order valence-electron chi connectivity index (χ1n) is 10.1. The van der Waals surface area contributed by atoms with Crippen LogP contribution in [-0.4, -0.2) is 16.6 Å². The molecule has 0 spiro atoms. The number of hydrazine groups is 1. The lowest BCUT2D eigenvalue weighted by Gasteiger charge is -2.64. The van der Waals surface area contributed by atoms with Gasteiger partial charge in [0.2, 0.25) is 11.8 Å². The average Bonchev–Trinajstić information content (AvgIpc) is 3.14. The monoisotopic (exact) mass is 454 g/mol. The van der Waals surface area contributed by atoms with Crippen molar-refractivity contribution >= 4 is 27.7 Å². The summed E-state index contributed by atoms with van der Waals surface area (Å²) < 4.78 is 0. The van der Waals surface area contributed by atoms with Gasteiger partial charge in [-0.3, -0.25) is 20.4 Å². The van der Waals surface area contributed by atoms with Gasteiger partial charge in [-0.05, 0) is 34.8 Å². The maximum absolute atomic E-state index is 13.2. The first-order valence-corrected chi connectivity index (χ1v) is 11.0. The number of carbonyl (C=O) groups is 2. The fraction of sp³-hybridized carbons (Fsp3) is 0.417. The van der Waals surface area contributed by atoms with Crippen molar-refractivity contribution in [3.8, 4) is 0 Å². The standard InChI is InChI=1S/C24H27BrN2O2/c1-22(2)23(3)14-15-24(22,20(23)25)21(29)27-26-19(28)18(16-10-6-4-7-11-16)17-12-8-5-9-13-17/h4-13,18,20H,14-15H2,1-3H3,(H,26,28)(H,27,29). The van der Waals surface area contributed by atoms with E-state index in [1.807, 2.05) is 60.7 Å². The SMILES string of the molecule is CC12CCC(C(=O)NNC(=O)C(c3ccccc3)c3ccccc3)(C1Br)C2(C)C. The Hall–Kier alpha value is -2.14. The summed E-state index contributed by atoms with van der Waals surface area (Å²) in [6.07, 6.45) is 1.84. The summed E-state index contributed by atoms with van der Waals surface area (Å²) in [5, 5.41) is 0. The molecule has 3 aliphatic rings. The Kier molecular flexibility index (Phi) is 4.85. The zero-order valence-corrected chi connectivity index (χ0v) is 18.6. The molecule has 5 rings (SSSR count). The highest BCUT2D eigenvalue weighted by Gasteiger charge is 2.80. The lowest BCUT2D eigenvalue weighted by Crippen LogP contribution is -2.70. The average molecular weight is 455 g/mol. The molecule has 2 aromatic rings. The number of benzene rings is 2. The van der Waals surface area contributed by atoms with Crippen LogP contribution < -0.4 is 10.9 Å². The third kappa shape index (κ3) is 2.70. The largest absolute Gasteiger partial charge is 0.273 e. The Morgan fingerprint density at radius 3 is 1.83 bits per heavy atom. The van der Waals surface area contributed by atoms with E-state index in [1.54, 1.807) is 0 Å². The minimum atomic E-state index is -0.496. The quantitative estimate of drug-likeness (QED) is 0.525. The van der Waals surface area contributed by atoms with E-state index in [4.69, 9.17) is 0 Å². The second kappa shape index (κ2) is 6.98. The van der Waals surface area contributed by atoms with Crippen LogP contribution >= 0.6 is 15.9 Å². The van der Waals surface area contributed by atoms with Gasteiger partial charge in [-0.25, -0.2) is 0 Å². The van der Waals surface area contributed by atoms with Gasteiger partial charge in [0.1, 0.15) is 0 Å². The van der Waals surface area contributed by atoms with Crippen molar-refractivity contribution in [1.29, 1.82) is 0 Å². The van der Waals surface area contributed by atoms with E-state index < -0.39 is 11.3 Å². The topological polar surface area (TPSA) is 58.2 Å². The van der Waals surface area contributed by atoms with E-state index in [0.29, 0.717) is 0 Å². The highest BCUT2D eigenvalue weighted by molar-refractivity contribution is 9.09. The van der Waals surface area contributed by atoms with Gasteiger partial charge in [0.05, 0.1) is 11.3 Å². The highest BCUT2D eigenvalue weighted by Crippen LogP contribution is 2.79. The summed E-state index contributed by atoms with van der Waals surface area (Å²) in [4.78, 5) is 26.5. The van der Waals surface area contributed by atoms with Crippen LogP contribution in [0.2, 0.25) is 0 Å². The van der Waals surface area contributed by atoms with Crippen LogP contribution in [0.15, 0.2) is 60.7 Å². The normalized spacial score (nSPS) is 29.2. The van der Waals surface area contributed by atoms with Crippen molar-refractivity contribution in [3.05, 3.63) is 71.8 Å². The third-order valence-electron chi connectivity index (χ3n) is 7.81. The molecule has 3 saturated carbocycles. The predicted molar refractivity (Wildman–Crippen MR) is 117 cm³/mol. The molecule has 0 aromatic heterocycles. The molecule has 0 aliphatic heterocycles. The molecule has 5 heteroatoms. The molecule has 2 amide bonds. The number of hydrogen-bond donors (Lipinski definition) is 2. The van der Waals surface area contributed by atoms with Crippen molar-refractivity contribution in [1.82, 2.24) is 10.9 Å². The summed E-state index contributed by atoms with van der Waals surface area (Å²) in [5.41, 5.74) is 6.73. The van der Waals surface area contributed by atoms with Crippen molar-refractivity contribution in [2.24, 2.45) is 16.2 Å². The van der Waals surface area contributed by atoms with E-state index in [0.717, 1.165) is 24.0 Å². The van der Waals surface area contributed by atoms with Crippen molar-refractivity contribution in [2.45, 2.75) is 44.4 Å². The molecule has 0 heterocycles. The van der Waals surface area contributed by atoms with Crippen LogP contribution in [0, 0.1) is 16.2 Å². The maximum atomic E-state index is 13.2. The summed E-state index contributed by atoms with van der Waals surface area (Å²) in [6, 6.07) is 19.3. The second-order valence-electron chi connectivity index (χ2n) is 9.07. The molecule has 0 radical (unpaired) electrons. The maximum Gasteiger partial charge on any atom is 0.250 e. The molecule has 2 bridgehead atoms. The molecule has 3 unspecified atom stereocenters. The number of rotatable bonds is 4. The van der Waals surface area contributed by atoms with Gasteiger partial charge in [-0.15, -0.1) is 0 Å².